The number of amides is 1. The van der Waals surface area contributed by atoms with Crippen LogP contribution in [-0.4, -0.2) is 36.1 Å². The number of carbonyl (C=O) groups excluding carboxylic acids is 1. The van der Waals surface area contributed by atoms with Crippen LogP contribution in [0.2, 0.25) is 0 Å². The van der Waals surface area contributed by atoms with Gasteiger partial charge in [0.1, 0.15) is 5.69 Å². The van der Waals surface area contributed by atoms with E-state index >= 15 is 0 Å². The van der Waals surface area contributed by atoms with Crippen molar-refractivity contribution in [2.75, 3.05) is 19.0 Å². The standard InChI is InChI=1S/C18H17N5O3/c1-22(2)16-8-7-12(9-17(16)23(25)26)10-20-21-18(24)14-11-19-15-6-4-3-5-13(14)15/h3-11,19H,1-2H3,(H,21,24). The zero-order chi connectivity index (χ0) is 18.7. The van der Waals surface area contributed by atoms with Crippen LogP contribution in [0.1, 0.15) is 15.9 Å². The fraction of sp³-hybridized carbons (Fsp3) is 0.111. The number of aromatic amines is 1. The average molecular weight is 351 g/mol. The van der Waals surface area contributed by atoms with Crippen LogP contribution in [0.25, 0.3) is 10.9 Å². The number of hydrazone groups is 1. The summed E-state index contributed by atoms with van der Waals surface area (Å²) in [5.74, 6) is -0.363. The Morgan fingerprint density at radius 1 is 1.27 bits per heavy atom. The van der Waals surface area contributed by atoms with Crippen molar-refractivity contribution >= 4 is 34.4 Å². The number of rotatable bonds is 5. The summed E-state index contributed by atoms with van der Waals surface area (Å²) < 4.78 is 0. The van der Waals surface area contributed by atoms with Gasteiger partial charge in [-0.05, 0) is 12.1 Å². The minimum atomic E-state index is -0.447. The van der Waals surface area contributed by atoms with Crippen LogP contribution in [-0.2, 0) is 0 Å². The van der Waals surface area contributed by atoms with Gasteiger partial charge < -0.3 is 9.88 Å². The topological polar surface area (TPSA) is 104 Å². The summed E-state index contributed by atoms with van der Waals surface area (Å²) in [6, 6.07) is 12.2. The van der Waals surface area contributed by atoms with Crippen LogP contribution in [0.3, 0.4) is 0 Å². The van der Waals surface area contributed by atoms with E-state index in [-0.39, 0.29) is 11.6 Å². The number of H-pyrrole nitrogens is 1. The van der Waals surface area contributed by atoms with E-state index in [0.29, 0.717) is 16.8 Å². The molecule has 0 atom stereocenters. The maximum atomic E-state index is 12.3. The van der Waals surface area contributed by atoms with Crippen molar-refractivity contribution in [1.29, 1.82) is 0 Å². The van der Waals surface area contributed by atoms with Gasteiger partial charge in [-0.25, -0.2) is 5.43 Å². The van der Waals surface area contributed by atoms with E-state index in [9.17, 15) is 14.9 Å². The van der Waals surface area contributed by atoms with E-state index in [4.69, 9.17) is 0 Å². The van der Waals surface area contributed by atoms with E-state index in [1.807, 2.05) is 24.3 Å². The minimum absolute atomic E-state index is 0.0260. The molecule has 1 aromatic heterocycles. The second-order valence-corrected chi connectivity index (χ2v) is 5.85. The third-order valence-corrected chi connectivity index (χ3v) is 3.89. The van der Waals surface area contributed by atoms with Gasteiger partial charge in [0.2, 0.25) is 0 Å². The van der Waals surface area contributed by atoms with Crippen molar-refractivity contribution < 1.29 is 9.72 Å². The molecule has 2 aromatic carbocycles. The summed E-state index contributed by atoms with van der Waals surface area (Å²) in [6.45, 7) is 0. The monoisotopic (exact) mass is 351 g/mol. The third kappa shape index (κ3) is 3.39. The molecule has 3 rings (SSSR count). The molecule has 0 radical (unpaired) electrons. The molecule has 0 aliphatic carbocycles. The molecule has 0 unspecified atom stereocenters. The predicted octanol–water partition coefficient (Wildman–Crippen LogP) is 2.91. The zero-order valence-electron chi connectivity index (χ0n) is 14.3. The minimum Gasteiger partial charge on any atom is -0.372 e. The summed E-state index contributed by atoms with van der Waals surface area (Å²) in [7, 11) is 3.47. The molecule has 132 valence electrons. The van der Waals surface area contributed by atoms with Crippen LogP contribution >= 0.6 is 0 Å². The number of benzene rings is 2. The van der Waals surface area contributed by atoms with Crippen molar-refractivity contribution in [3.05, 3.63) is 69.9 Å². The van der Waals surface area contributed by atoms with Crippen molar-refractivity contribution in [3.8, 4) is 0 Å². The highest BCUT2D eigenvalue weighted by molar-refractivity contribution is 6.06. The molecule has 1 amide bonds. The Morgan fingerprint density at radius 2 is 2.04 bits per heavy atom. The fourth-order valence-corrected chi connectivity index (χ4v) is 2.63. The van der Waals surface area contributed by atoms with Gasteiger partial charge in [0.15, 0.2) is 0 Å². The van der Waals surface area contributed by atoms with Crippen molar-refractivity contribution in [1.82, 2.24) is 10.4 Å². The lowest BCUT2D eigenvalue weighted by molar-refractivity contribution is -0.384. The normalized spacial score (nSPS) is 11.0. The van der Waals surface area contributed by atoms with Gasteiger partial charge in [-0.1, -0.05) is 24.3 Å². The number of nitrogens with one attached hydrogen (secondary N) is 2. The van der Waals surface area contributed by atoms with Crippen molar-refractivity contribution in [3.63, 3.8) is 0 Å². The molecular weight excluding hydrogens is 334 g/mol. The number of anilines is 1. The number of para-hydroxylation sites is 1. The van der Waals surface area contributed by atoms with Crippen LogP contribution in [0.15, 0.2) is 53.8 Å². The molecule has 0 saturated heterocycles. The Balaban J connectivity index is 1.77. The zero-order valence-corrected chi connectivity index (χ0v) is 14.3. The first kappa shape index (κ1) is 17.2. The molecule has 0 bridgehead atoms. The molecule has 0 fully saturated rings. The van der Waals surface area contributed by atoms with Crippen LogP contribution in [0.5, 0.6) is 0 Å². The van der Waals surface area contributed by atoms with Gasteiger partial charge in [-0.3, -0.25) is 14.9 Å². The lowest BCUT2D eigenvalue weighted by atomic mass is 10.1. The van der Waals surface area contributed by atoms with E-state index < -0.39 is 4.92 Å². The third-order valence-electron chi connectivity index (χ3n) is 3.89. The van der Waals surface area contributed by atoms with E-state index in [2.05, 4.69) is 15.5 Å². The molecule has 8 heteroatoms. The molecule has 1 heterocycles. The number of hydrogen-bond donors (Lipinski definition) is 2. The van der Waals surface area contributed by atoms with E-state index in [0.717, 1.165) is 10.9 Å². The van der Waals surface area contributed by atoms with Gasteiger partial charge in [0, 0.05) is 42.8 Å². The molecular formula is C18H17N5O3. The number of aromatic nitrogens is 1. The largest absolute Gasteiger partial charge is 0.372 e. The van der Waals surface area contributed by atoms with Crippen molar-refractivity contribution in [2.24, 2.45) is 5.10 Å². The summed E-state index contributed by atoms with van der Waals surface area (Å²) in [6.07, 6.45) is 2.99. The first-order valence-corrected chi connectivity index (χ1v) is 7.82. The number of carbonyl (C=O) groups is 1. The smallest absolute Gasteiger partial charge is 0.293 e. The number of fused-ring (bicyclic) bond motifs is 1. The second-order valence-electron chi connectivity index (χ2n) is 5.85. The van der Waals surface area contributed by atoms with Crippen LogP contribution < -0.4 is 10.3 Å². The number of nitro benzene ring substituents is 1. The van der Waals surface area contributed by atoms with Crippen LogP contribution in [0, 0.1) is 10.1 Å². The molecule has 8 nitrogen and oxygen atoms in total. The quantitative estimate of drug-likeness (QED) is 0.419. The molecule has 0 aliphatic heterocycles. The molecule has 0 saturated carbocycles. The van der Waals surface area contributed by atoms with Gasteiger partial charge in [-0.2, -0.15) is 5.10 Å². The first-order valence-electron chi connectivity index (χ1n) is 7.82. The number of hydrogen-bond acceptors (Lipinski definition) is 5. The lowest BCUT2D eigenvalue weighted by Gasteiger charge is -2.12. The number of nitro groups is 1. The van der Waals surface area contributed by atoms with Gasteiger partial charge >= 0.3 is 0 Å². The van der Waals surface area contributed by atoms with Gasteiger partial charge in [0.25, 0.3) is 11.6 Å². The summed E-state index contributed by atoms with van der Waals surface area (Å²) >= 11 is 0. The summed E-state index contributed by atoms with van der Waals surface area (Å²) in [5.41, 5.74) is 4.76. The SMILES string of the molecule is CN(C)c1ccc(C=NNC(=O)c2c[nH]c3ccccc23)cc1[N+](=O)[O-]. The highest BCUT2D eigenvalue weighted by Crippen LogP contribution is 2.27. The van der Waals surface area contributed by atoms with Gasteiger partial charge in [0.05, 0.1) is 16.7 Å². The number of nitrogens with zero attached hydrogens (tertiary/aromatic N) is 3. The predicted molar refractivity (Wildman–Crippen MR) is 101 cm³/mol. The van der Waals surface area contributed by atoms with Crippen LogP contribution in [0.4, 0.5) is 11.4 Å². The molecule has 0 aliphatic rings. The summed E-state index contributed by atoms with van der Waals surface area (Å²) in [5, 5.41) is 15.9. The highest BCUT2D eigenvalue weighted by Gasteiger charge is 2.15. The molecule has 2 N–H and O–H groups in total. The van der Waals surface area contributed by atoms with E-state index in [1.165, 1.54) is 12.3 Å². The Morgan fingerprint density at radius 3 is 2.77 bits per heavy atom. The first-order chi connectivity index (χ1) is 12.5. The van der Waals surface area contributed by atoms with E-state index in [1.54, 1.807) is 37.3 Å². The molecule has 3 aromatic rings. The Bertz CT molecular complexity index is 1010. The van der Waals surface area contributed by atoms with Crippen molar-refractivity contribution in [2.45, 2.75) is 0 Å². The average Bonchev–Trinajstić information content (AvgIpc) is 3.05. The lowest BCUT2D eigenvalue weighted by Crippen LogP contribution is -2.17. The summed E-state index contributed by atoms with van der Waals surface area (Å²) in [4.78, 5) is 27.7. The fourth-order valence-electron chi connectivity index (χ4n) is 2.63. The maximum Gasteiger partial charge on any atom is 0.293 e. The second kappa shape index (κ2) is 7.06. The Hall–Kier alpha value is -3.68. The highest BCUT2D eigenvalue weighted by atomic mass is 16.6. The molecule has 26 heavy (non-hydrogen) atoms. The Kier molecular flexibility index (Phi) is 4.66. The molecule has 0 spiro atoms. The maximum absolute atomic E-state index is 12.3. The Labute approximate surface area is 149 Å². The van der Waals surface area contributed by atoms with Gasteiger partial charge in [-0.15, -0.1) is 0 Å².